The molecule has 2 aliphatic rings. The zero-order valence-electron chi connectivity index (χ0n) is 18.8. The summed E-state index contributed by atoms with van der Waals surface area (Å²) in [6.07, 6.45) is 12.6. The van der Waals surface area contributed by atoms with Crippen LogP contribution in [0.1, 0.15) is 0 Å². The molecular formula is C31H20N4. The van der Waals surface area contributed by atoms with E-state index in [9.17, 15) is 0 Å². The van der Waals surface area contributed by atoms with Crippen molar-refractivity contribution >= 4 is 55.2 Å². The third kappa shape index (κ3) is 2.46. The molecule has 6 aromatic rings. The maximum atomic E-state index is 5.07. The number of fused-ring (bicyclic) bond motifs is 8. The quantitative estimate of drug-likeness (QED) is 0.274. The van der Waals surface area contributed by atoms with Crippen molar-refractivity contribution < 1.29 is 0 Å². The summed E-state index contributed by atoms with van der Waals surface area (Å²) >= 11 is 0. The Kier molecular flexibility index (Phi) is 3.69. The molecule has 0 bridgehead atoms. The lowest BCUT2D eigenvalue weighted by Gasteiger charge is -2.17. The van der Waals surface area contributed by atoms with E-state index >= 15 is 0 Å². The van der Waals surface area contributed by atoms with E-state index < -0.39 is 0 Å². The molecule has 0 saturated carbocycles. The van der Waals surface area contributed by atoms with Gasteiger partial charge in [-0.2, -0.15) is 0 Å². The van der Waals surface area contributed by atoms with Gasteiger partial charge in [0.15, 0.2) is 0 Å². The molecule has 164 valence electrons. The predicted molar refractivity (Wildman–Crippen MR) is 145 cm³/mol. The highest BCUT2D eigenvalue weighted by Crippen LogP contribution is 2.43. The van der Waals surface area contributed by atoms with E-state index in [1.165, 1.54) is 32.9 Å². The van der Waals surface area contributed by atoms with E-state index in [2.05, 4.69) is 112 Å². The van der Waals surface area contributed by atoms with Crippen molar-refractivity contribution in [1.82, 2.24) is 14.1 Å². The van der Waals surface area contributed by atoms with Crippen LogP contribution in [0.2, 0.25) is 0 Å². The maximum absolute atomic E-state index is 5.07. The van der Waals surface area contributed by atoms with Gasteiger partial charge in [-0.25, -0.2) is 4.98 Å². The molecule has 3 aromatic heterocycles. The molecule has 1 aliphatic heterocycles. The van der Waals surface area contributed by atoms with Crippen molar-refractivity contribution in [3.63, 3.8) is 0 Å². The number of para-hydroxylation sites is 3. The number of rotatable bonds is 2. The summed E-state index contributed by atoms with van der Waals surface area (Å²) in [5.74, 6) is 0.143. The minimum absolute atomic E-state index is 0.143. The number of benzene rings is 3. The van der Waals surface area contributed by atoms with E-state index in [0.29, 0.717) is 0 Å². The number of allylic oxidation sites excluding steroid dienone is 5. The van der Waals surface area contributed by atoms with Crippen molar-refractivity contribution in [3.05, 3.63) is 116 Å². The zero-order valence-corrected chi connectivity index (χ0v) is 18.8. The van der Waals surface area contributed by atoms with E-state index in [1.54, 1.807) is 0 Å². The maximum Gasteiger partial charge on any atom is 0.147 e. The molecule has 1 atom stereocenters. The predicted octanol–water partition coefficient (Wildman–Crippen LogP) is 7.28. The smallest absolute Gasteiger partial charge is 0.147 e. The average molecular weight is 449 g/mol. The first-order valence-corrected chi connectivity index (χ1v) is 11.9. The first-order chi connectivity index (χ1) is 17.4. The molecule has 8 rings (SSSR count). The Morgan fingerprint density at radius 2 is 1.43 bits per heavy atom. The van der Waals surface area contributed by atoms with Gasteiger partial charge in [0.1, 0.15) is 5.65 Å². The molecule has 1 aliphatic carbocycles. The number of aromatic nitrogens is 3. The van der Waals surface area contributed by atoms with Crippen LogP contribution in [-0.4, -0.2) is 19.8 Å². The van der Waals surface area contributed by atoms with Crippen molar-refractivity contribution in [1.29, 1.82) is 0 Å². The van der Waals surface area contributed by atoms with Crippen molar-refractivity contribution in [3.8, 4) is 5.69 Å². The second-order valence-electron chi connectivity index (χ2n) is 9.09. The minimum atomic E-state index is 0.143. The molecule has 35 heavy (non-hydrogen) atoms. The lowest BCUT2D eigenvalue weighted by Crippen LogP contribution is -2.13. The molecule has 3 aromatic carbocycles. The van der Waals surface area contributed by atoms with Crippen LogP contribution in [0.25, 0.3) is 55.1 Å². The number of hydrogen-bond acceptors (Lipinski definition) is 2. The van der Waals surface area contributed by atoms with Gasteiger partial charge in [0.2, 0.25) is 0 Å². The van der Waals surface area contributed by atoms with Gasteiger partial charge in [-0.3, -0.25) is 9.56 Å². The van der Waals surface area contributed by atoms with E-state index in [0.717, 1.165) is 27.9 Å². The number of aliphatic imine (C=N–C) groups is 1. The van der Waals surface area contributed by atoms with Gasteiger partial charge in [-0.1, -0.05) is 72.8 Å². The van der Waals surface area contributed by atoms with Crippen LogP contribution >= 0.6 is 0 Å². The van der Waals surface area contributed by atoms with Crippen LogP contribution in [-0.2, 0) is 0 Å². The first-order valence-electron chi connectivity index (χ1n) is 11.9. The summed E-state index contributed by atoms with van der Waals surface area (Å²) in [5, 5.41) is 4.74. The molecule has 0 amide bonds. The van der Waals surface area contributed by atoms with Gasteiger partial charge in [0.25, 0.3) is 0 Å². The molecule has 1 unspecified atom stereocenters. The molecule has 0 saturated heterocycles. The number of hydrogen-bond donors (Lipinski definition) is 0. The Bertz CT molecular complexity index is 1940. The van der Waals surface area contributed by atoms with Crippen LogP contribution in [0.5, 0.6) is 0 Å². The summed E-state index contributed by atoms with van der Waals surface area (Å²) in [4.78, 5) is 9.85. The lowest BCUT2D eigenvalue weighted by atomic mass is 9.96. The Morgan fingerprint density at radius 1 is 0.686 bits per heavy atom. The molecule has 0 radical (unpaired) electrons. The largest absolute Gasteiger partial charge is 0.310 e. The fourth-order valence-electron chi connectivity index (χ4n) is 5.78. The first kappa shape index (κ1) is 18.7. The molecule has 4 heterocycles. The molecule has 4 heteroatoms. The van der Waals surface area contributed by atoms with Crippen molar-refractivity contribution in [2.45, 2.75) is 0 Å². The monoisotopic (exact) mass is 448 g/mol. The normalized spacial score (nSPS) is 17.0. The van der Waals surface area contributed by atoms with Gasteiger partial charge in [0.05, 0.1) is 39.3 Å². The van der Waals surface area contributed by atoms with E-state index in [4.69, 9.17) is 9.98 Å². The second kappa shape index (κ2) is 6.90. The summed E-state index contributed by atoms with van der Waals surface area (Å²) in [6, 6.07) is 27.8. The van der Waals surface area contributed by atoms with Crippen LogP contribution in [0.3, 0.4) is 0 Å². The molecule has 0 N–H and O–H groups in total. The fourth-order valence-corrected chi connectivity index (χ4v) is 5.78. The van der Waals surface area contributed by atoms with Gasteiger partial charge in [0, 0.05) is 34.2 Å². The molecule has 0 fully saturated rings. The van der Waals surface area contributed by atoms with Crippen LogP contribution in [0.4, 0.5) is 0 Å². The van der Waals surface area contributed by atoms with Gasteiger partial charge in [-0.15, -0.1) is 0 Å². The molecule has 4 nitrogen and oxygen atoms in total. The van der Waals surface area contributed by atoms with Gasteiger partial charge >= 0.3 is 0 Å². The summed E-state index contributed by atoms with van der Waals surface area (Å²) in [5.41, 5.74) is 7.86. The Hall–Kier alpha value is -4.70. The fraction of sp³-hybridized carbons (Fsp3) is 0.0323. The van der Waals surface area contributed by atoms with Crippen molar-refractivity contribution in [2.75, 3.05) is 0 Å². The average Bonchev–Trinajstić information content (AvgIpc) is 3.59. The molecular weight excluding hydrogens is 428 g/mol. The Labute approximate surface area is 201 Å². The van der Waals surface area contributed by atoms with Crippen LogP contribution in [0, 0.1) is 5.92 Å². The van der Waals surface area contributed by atoms with E-state index in [-0.39, 0.29) is 5.92 Å². The number of nitrogens with zero attached hydrogens (tertiary/aromatic N) is 4. The second-order valence-corrected chi connectivity index (χ2v) is 9.09. The summed E-state index contributed by atoms with van der Waals surface area (Å²) < 4.78 is 4.70. The molecule has 0 spiro atoms. The topological polar surface area (TPSA) is 35.1 Å². The van der Waals surface area contributed by atoms with Gasteiger partial charge in [-0.05, 0) is 30.3 Å². The highest BCUT2D eigenvalue weighted by molar-refractivity contribution is 6.26. The Morgan fingerprint density at radius 3 is 2.29 bits per heavy atom. The highest BCUT2D eigenvalue weighted by Gasteiger charge is 2.28. The summed E-state index contributed by atoms with van der Waals surface area (Å²) in [6.45, 7) is 0. The van der Waals surface area contributed by atoms with Crippen molar-refractivity contribution in [2.24, 2.45) is 10.9 Å². The standard InChI is InChI=1S/C31H20N4/c1-2-10-20(11-3-1)34-27-17-9-6-14-23(27)29-30-24(18-33-31(29)34)21-12-5-8-16-26(21)35(30)28-19-32-25-15-7-4-13-22(25)28/h1-19,22H. The zero-order chi connectivity index (χ0) is 22.9. The minimum Gasteiger partial charge on any atom is -0.310 e. The third-order valence-electron chi connectivity index (χ3n) is 7.25. The summed E-state index contributed by atoms with van der Waals surface area (Å²) in [7, 11) is 0. The van der Waals surface area contributed by atoms with Crippen LogP contribution < -0.4 is 0 Å². The lowest BCUT2D eigenvalue weighted by molar-refractivity contribution is 1.05. The number of pyridine rings is 1. The Balaban J connectivity index is 1.58. The SMILES string of the molecule is C1=CC2=NC=C(n3c4ccccc4c4cnc5c(c6ccccc6n5-c5ccccc5)c43)C2C=C1. The van der Waals surface area contributed by atoms with E-state index in [1.807, 2.05) is 12.4 Å². The van der Waals surface area contributed by atoms with Crippen LogP contribution in [0.15, 0.2) is 121 Å². The highest BCUT2D eigenvalue weighted by atomic mass is 15.1. The third-order valence-corrected chi connectivity index (χ3v) is 7.25. The van der Waals surface area contributed by atoms with Gasteiger partial charge < -0.3 is 4.57 Å².